The van der Waals surface area contributed by atoms with E-state index in [1.807, 2.05) is 0 Å². The van der Waals surface area contributed by atoms with Gasteiger partial charge in [0.05, 0.1) is 0 Å². The molecule has 0 aliphatic carbocycles. The Kier molecular flexibility index (Phi) is 4.04. The van der Waals surface area contributed by atoms with E-state index >= 15 is 0 Å². The number of phenolic OH excluding ortho intramolecular Hbond substituents is 1. The van der Waals surface area contributed by atoms with E-state index in [1.165, 1.54) is 18.2 Å². The zero-order valence-corrected chi connectivity index (χ0v) is 10.4. The van der Waals surface area contributed by atoms with Gasteiger partial charge in [0.2, 0.25) is 0 Å². The summed E-state index contributed by atoms with van der Waals surface area (Å²) in [6, 6.07) is 3.97. The summed E-state index contributed by atoms with van der Waals surface area (Å²) < 4.78 is -0.439. The zero-order valence-electron chi connectivity index (χ0n) is 7.02. The Morgan fingerprint density at radius 1 is 1.13 bits per heavy atom. The molecule has 1 N–H and O–H groups in total. The molecular weight excluding hydrogens is 338 g/mol. The molecule has 0 saturated heterocycles. The number of rotatable bonds is 4. The molecule has 0 spiro atoms. The number of phenols is 1. The Balaban J connectivity index is 2.94. The van der Waals surface area contributed by atoms with Crippen molar-refractivity contribution >= 4 is 39.3 Å². The summed E-state index contributed by atoms with van der Waals surface area (Å²) in [6.45, 7) is 0. The van der Waals surface area contributed by atoms with Crippen LogP contribution in [0.4, 0.5) is 0 Å². The normalized spacial score (nSPS) is 9.87. The summed E-state index contributed by atoms with van der Waals surface area (Å²) in [5.74, 6) is -0.186. The predicted molar refractivity (Wildman–Crippen MR) is 52.9 cm³/mol. The fourth-order valence-electron chi connectivity index (χ4n) is 0.791. The molecule has 0 fully saturated rings. The third kappa shape index (κ3) is 3.84. The van der Waals surface area contributed by atoms with E-state index in [1.54, 1.807) is 0 Å². The standard InChI is InChI=1S/C6H4N2O5Se2/c9-5-2-1-4(14-7(10)11)3-6(5)15-8(12)13/h1-3,9H. The van der Waals surface area contributed by atoms with Gasteiger partial charge in [0.15, 0.2) is 0 Å². The predicted octanol–water partition coefficient (Wildman–Crippen LogP) is -1.57. The summed E-state index contributed by atoms with van der Waals surface area (Å²) in [5, 5.41) is 29.7. The van der Waals surface area contributed by atoms with Crippen LogP contribution in [0.1, 0.15) is 0 Å². The van der Waals surface area contributed by atoms with Crippen LogP contribution in [0.2, 0.25) is 0 Å². The topological polar surface area (TPSA) is 107 Å². The number of hydrogen-bond acceptors (Lipinski definition) is 5. The van der Waals surface area contributed by atoms with Crippen molar-refractivity contribution in [2.45, 2.75) is 0 Å². The Bertz CT molecular complexity index is 411. The van der Waals surface area contributed by atoms with Gasteiger partial charge in [-0.2, -0.15) is 0 Å². The van der Waals surface area contributed by atoms with Gasteiger partial charge >= 0.3 is 96.4 Å². The van der Waals surface area contributed by atoms with Crippen LogP contribution in [0, 0.1) is 20.2 Å². The molecule has 7 nitrogen and oxygen atoms in total. The van der Waals surface area contributed by atoms with Gasteiger partial charge in [-0.3, -0.25) is 0 Å². The van der Waals surface area contributed by atoms with Crippen LogP contribution < -0.4 is 8.92 Å². The number of benzene rings is 1. The molecule has 80 valence electrons. The molecule has 1 aromatic rings. The van der Waals surface area contributed by atoms with Crippen molar-refractivity contribution < 1.29 is 13.0 Å². The van der Waals surface area contributed by atoms with E-state index in [2.05, 4.69) is 0 Å². The Morgan fingerprint density at radius 3 is 2.27 bits per heavy atom. The molecule has 0 radical (unpaired) electrons. The molecule has 0 unspecified atom stereocenters. The Labute approximate surface area is 96.5 Å². The van der Waals surface area contributed by atoms with Gasteiger partial charge in [-0.25, -0.2) is 0 Å². The molecule has 0 heterocycles. The van der Waals surface area contributed by atoms with E-state index in [4.69, 9.17) is 0 Å². The summed E-state index contributed by atoms with van der Waals surface area (Å²) in [7, 11) is 0. The van der Waals surface area contributed by atoms with Crippen LogP contribution >= 0.6 is 0 Å². The van der Waals surface area contributed by atoms with Crippen LogP contribution in [0.15, 0.2) is 18.2 Å². The van der Waals surface area contributed by atoms with E-state index in [9.17, 15) is 25.3 Å². The van der Waals surface area contributed by atoms with Gasteiger partial charge in [0.25, 0.3) is 0 Å². The SMILES string of the molecule is O=[N+]([O-])[Se]c1ccc(O)c([Se][N+](=O)[O-])c1. The van der Waals surface area contributed by atoms with Crippen LogP contribution in [0.5, 0.6) is 5.75 Å². The van der Waals surface area contributed by atoms with Gasteiger partial charge in [0.1, 0.15) is 0 Å². The van der Waals surface area contributed by atoms with Gasteiger partial charge in [-0.15, -0.1) is 0 Å². The number of nitro groups is 2. The van der Waals surface area contributed by atoms with E-state index in [-0.39, 0.29) is 10.2 Å². The second kappa shape index (κ2) is 5.08. The molecule has 9 heteroatoms. The maximum atomic E-state index is 10.2. The van der Waals surface area contributed by atoms with Crippen molar-refractivity contribution in [3.63, 3.8) is 0 Å². The monoisotopic (exact) mass is 344 g/mol. The second-order valence-electron chi connectivity index (χ2n) is 2.26. The van der Waals surface area contributed by atoms with Crippen LogP contribution in [-0.2, 0) is 0 Å². The number of hydrogen-bond donors (Lipinski definition) is 1. The van der Waals surface area contributed by atoms with E-state index < -0.39 is 38.2 Å². The molecule has 0 aliphatic rings. The molecule has 1 aromatic carbocycles. The van der Waals surface area contributed by atoms with Crippen molar-refractivity contribution in [1.82, 2.24) is 0 Å². The van der Waals surface area contributed by atoms with Gasteiger partial charge in [-0.05, 0) is 0 Å². The second-order valence-corrected chi connectivity index (χ2v) is 6.19. The van der Waals surface area contributed by atoms with Crippen LogP contribution in [0.25, 0.3) is 0 Å². The summed E-state index contributed by atoms with van der Waals surface area (Å²) in [6.07, 6.45) is 0. The maximum absolute atomic E-state index is 10.2. The fourth-order valence-corrected chi connectivity index (χ4v) is 3.21. The van der Waals surface area contributed by atoms with Gasteiger partial charge < -0.3 is 0 Å². The quantitative estimate of drug-likeness (QED) is 0.404. The molecule has 15 heavy (non-hydrogen) atoms. The number of aromatic hydroxyl groups is 1. The molecule has 0 saturated carbocycles. The third-order valence-corrected chi connectivity index (χ3v) is 3.98. The van der Waals surface area contributed by atoms with E-state index in [0.717, 1.165) is 0 Å². The van der Waals surface area contributed by atoms with Crippen molar-refractivity contribution in [2.24, 2.45) is 0 Å². The van der Waals surface area contributed by atoms with Crippen LogP contribution in [0.3, 0.4) is 0 Å². The average molecular weight is 342 g/mol. The van der Waals surface area contributed by atoms with Crippen molar-refractivity contribution in [1.29, 1.82) is 0 Å². The van der Waals surface area contributed by atoms with E-state index in [0.29, 0.717) is 4.46 Å². The van der Waals surface area contributed by atoms with Gasteiger partial charge in [-0.1, -0.05) is 0 Å². The molecule has 0 aromatic heterocycles. The Morgan fingerprint density at radius 2 is 1.73 bits per heavy atom. The first-order valence-electron chi connectivity index (χ1n) is 3.47. The van der Waals surface area contributed by atoms with Gasteiger partial charge in [0, 0.05) is 0 Å². The zero-order chi connectivity index (χ0) is 11.4. The first-order valence-corrected chi connectivity index (χ1v) is 6.71. The number of nitrogens with zero attached hydrogens (tertiary/aromatic N) is 2. The summed E-state index contributed by atoms with van der Waals surface area (Å²) in [4.78, 5) is 20.5. The first-order chi connectivity index (χ1) is 6.99. The minimum absolute atomic E-state index is 0.161. The Hall–Kier alpha value is -1.14. The van der Waals surface area contributed by atoms with Crippen LogP contribution in [-0.4, -0.2) is 43.3 Å². The molecule has 0 aliphatic heterocycles. The van der Waals surface area contributed by atoms with Crippen molar-refractivity contribution in [3.05, 3.63) is 38.4 Å². The summed E-state index contributed by atoms with van der Waals surface area (Å²) >= 11 is -2.07. The first kappa shape index (κ1) is 11.9. The molecule has 0 amide bonds. The minimum atomic E-state index is -1.10. The molecule has 0 atom stereocenters. The molecular formula is C6H4N2O5Se2. The summed E-state index contributed by atoms with van der Waals surface area (Å²) in [5.41, 5.74) is 0. The van der Waals surface area contributed by atoms with Crippen molar-refractivity contribution in [2.75, 3.05) is 0 Å². The average Bonchev–Trinajstić information content (AvgIpc) is 2.09. The molecule has 1 rings (SSSR count). The molecule has 0 bridgehead atoms. The van der Waals surface area contributed by atoms with Crippen molar-refractivity contribution in [3.8, 4) is 5.75 Å². The fraction of sp³-hybridized carbons (Fsp3) is 0. The third-order valence-electron chi connectivity index (χ3n) is 1.28.